The second kappa shape index (κ2) is 14.7. The molecule has 0 aliphatic carbocycles. The monoisotopic (exact) mass is 452 g/mol. The topological polar surface area (TPSA) is 54.2 Å². The zero-order valence-electron chi connectivity index (χ0n) is 21.5. The van der Waals surface area contributed by atoms with Gasteiger partial charge in [-0.1, -0.05) is 78.6 Å². The van der Waals surface area contributed by atoms with E-state index in [9.17, 15) is 5.11 Å². The number of nitrogens with zero attached hydrogens (tertiary/aromatic N) is 2. The molecule has 2 aromatic carbocycles. The van der Waals surface area contributed by atoms with Crippen molar-refractivity contribution in [2.24, 2.45) is 10.2 Å². The number of ether oxygens (including phenoxy) is 1. The normalized spacial score (nSPS) is 11.6. The number of unbranched alkanes of at least 4 members (excludes halogenated alkanes) is 9. The molecule has 0 fully saturated rings. The number of rotatable bonds is 15. The third kappa shape index (κ3) is 9.57. The van der Waals surface area contributed by atoms with E-state index in [1.54, 1.807) is 12.1 Å². The van der Waals surface area contributed by atoms with Gasteiger partial charge in [0.1, 0.15) is 11.5 Å². The van der Waals surface area contributed by atoms with E-state index in [1.165, 1.54) is 57.8 Å². The first-order valence-electron chi connectivity index (χ1n) is 12.9. The summed E-state index contributed by atoms with van der Waals surface area (Å²) in [5.41, 5.74) is 4.63. The fraction of sp³-hybridized carbons (Fsp3) is 0.586. The van der Waals surface area contributed by atoms with Gasteiger partial charge in [-0.15, -0.1) is 0 Å². The summed E-state index contributed by atoms with van der Waals surface area (Å²) in [6.45, 7) is 11.3. The van der Waals surface area contributed by atoms with Gasteiger partial charge in [-0.25, -0.2) is 0 Å². The molecular formula is C29H44N2O2. The van der Waals surface area contributed by atoms with Crippen molar-refractivity contribution in [3.05, 3.63) is 47.0 Å². The Morgan fingerprint density at radius 2 is 1.42 bits per heavy atom. The van der Waals surface area contributed by atoms with Crippen LogP contribution in [0.15, 0.2) is 40.6 Å². The molecule has 182 valence electrons. The number of phenols is 1. The fourth-order valence-corrected chi connectivity index (χ4v) is 3.98. The van der Waals surface area contributed by atoms with Gasteiger partial charge >= 0.3 is 0 Å². The molecule has 0 aliphatic heterocycles. The number of benzene rings is 2. The SMILES string of the molecule is CCCCCCCCCCCCOc1cc(C(C)C)c(N=Nc2ccc(O)c(C)c2)cc1C. The van der Waals surface area contributed by atoms with Crippen LogP contribution in [0.25, 0.3) is 0 Å². The van der Waals surface area contributed by atoms with Gasteiger partial charge in [0.05, 0.1) is 18.0 Å². The van der Waals surface area contributed by atoms with Gasteiger partial charge in [0, 0.05) is 0 Å². The molecule has 0 aromatic heterocycles. The highest BCUT2D eigenvalue weighted by atomic mass is 16.5. The standard InChI is InChI=1S/C29H44N2O2/c1-6-7-8-9-10-11-12-13-14-15-18-33-29-21-26(22(2)3)27(20-24(29)5)31-30-25-16-17-28(32)23(4)19-25/h16-17,19-22,32H,6-15,18H2,1-5H3. The lowest BCUT2D eigenvalue weighted by molar-refractivity contribution is 0.302. The van der Waals surface area contributed by atoms with E-state index >= 15 is 0 Å². The first-order chi connectivity index (χ1) is 15.9. The molecule has 2 aromatic rings. The summed E-state index contributed by atoms with van der Waals surface area (Å²) in [5.74, 6) is 1.55. The van der Waals surface area contributed by atoms with Crippen molar-refractivity contribution in [3.63, 3.8) is 0 Å². The smallest absolute Gasteiger partial charge is 0.122 e. The predicted octanol–water partition coefficient (Wildman–Crippen LogP) is 9.85. The maximum Gasteiger partial charge on any atom is 0.122 e. The summed E-state index contributed by atoms with van der Waals surface area (Å²) in [6.07, 6.45) is 13.3. The van der Waals surface area contributed by atoms with Crippen molar-refractivity contribution in [2.75, 3.05) is 6.61 Å². The van der Waals surface area contributed by atoms with Gasteiger partial charge in [-0.3, -0.25) is 0 Å². The molecule has 2 rings (SSSR count). The summed E-state index contributed by atoms with van der Waals surface area (Å²) in [5, 5.41) is 18.6. The first kappa shape index (κ1) is 26.9. The summed E-state index contributed by atoms with van der Waals surface area (Å²) < 4.78 is 6.15. The first-order valence-corrected chi connectivity index (χ1v) is 12.9. The van der Waals surface area contributed by atoms with Gasteiger partial charge in [0.15, 0.2) is 0 Å². The van der Waals surface area contributed by atoms with Crippen molar-refractivity contribution in [1.29, 1.82) is 0 Å². The molecule has 0 atom stereocenters. The Kier molecular flexibility index (Phi) is 12.0. The zero-order chi connectivity index (χ0) is 24.1. The van der Waals surface area contributed by atoms with Crippen LogP contribution >= 0.6 is 0 Å². The van der Waals surface area contributed by atoms with E-state index in [0.717, 1.165) is 46.8 Å². The minimum atomic E-state index is 0.275. The Morgan fingerprint density at radius 1 is 0.788 bits per heavy atom. The molecule has 4 heteroatoms. The van der Waals surface area contributed by atoms with Crippen molar-refractivity contribution < 1.29 is 9.84 Å². The molecule has 0 aliphatic rings. The Morgan fingerprint density at radius 3 is 2.03 bits per heavy atom. The third-order valence-electron chi connectivity index (χ3n) is 6.16. The van der Waals surface area contributed by atoms with Crippen LogP contribution in [0, 0.1) is 13.8 Å². The fourth-order valence-electron chi connectivity index (χ4n) is 3.98. The lowest BCUT2D eigenvalue weighted by Crippen LogP contribution is -2.00. The Bertz CT molecular complexity index is 874. The van der Waals surface area contributed by atoms with Crippen LogP contribution in [0.2, 0.25) is 0 Å². The van der Waals surface area contributed by atoms with E-state index in [2.05, 4.69) is 50.1 Å². The molecule has 0 radical (unpaired) electrons. The molecule has 0 saturated heterocycles. The minimum absolute atomic E-state index is 0.275. The van der Waals surface area contributed by atoms with Crippen LogP contribution in [0.4, 0.5) is 11.4 Å². The highest BCUT2D eigenvalue weighted by Crippen LogP contribution is 2.35. The molecule has 33 heavy (non-hydrogen) atoms. The quantitative estimate of drug-likeness (QED) is 0.216. The van der Waals surface area contributed by atoms with Gasteiger partial charge < -0.3 is 9.84 Å². The lowest BCUT2D eigenvalue weighted by atomic mass is 9.99. The van der Waals surface area contributed by atoms with Gasteiger partial charge in [-0.05, 0) is 73.2 Å². The molecule has 0 spiro atoms. The highest BCUT2D eigenvalue weighted by molar-refractivity contribution is 5.55. The van der Waals surface area contributed by atoms with E-state index in [4.69, 9.17) is 4.74 Å². The van der Waals surface area contributed by atoms with Crippen molar-refractivity contribution in [1.82, 2.24) is 0 Å². The van der Waals surface area contributed by atoms with E-state index in [-0.39, 0.29) is 5.75 Å². The summed E-state index contributed by atoms with van der Waals surface area (Å²) in [4.78, 5) is 0. The molecule has 0 bridgehead atoms. The van der Waals surface area contributed by atoms with Gasteiger partial charge in [-0.2, -0.15) is 10.2 Å². The second-order valence-electron chi connectivity index (χ2n) is 9.53. The highest BCUT2D eigenvalue weighted by Gasteiger charge is 2.12. The number of hydrogen-bond acceptors (Lipinski definition) is 4. The average molecular weight is 453 g/mol. The maximum absolute atomic E-state index is 9.71. The number of phenolic OH excluding ortho intramolecular Hbond substituents is 1. The number of aryl methyl sites for hydroxylation is 2. The molecule has 4 nitrogen and oxygen atoms in total. The van der Waals surface area contributed by atoms with E-state index in [1.807, 2.05) is 13.0 Å². The zero-order valence-corrected chi connectivity index (χ0v) is 21.5. The molecule has 0 saturated carbocycles. The number of hydrogen-bond donors (Lipinski definition) is 1. The average Bonchev–Trinajstić information content (AvgIpc) is 2.79. The predicted molar refractivity (Wildman–Crippen MR) is 140 cm³/mol. The number of aromatic hydroxyl groups is 1. The molecule has 1 N–H and O–H groups in total. The summed E-state index contributed by atoms with van der Waals surface area (Å²) >= 11 is 0. The molecule has 0 heterocycles. The van der Waals surface area contributed by atoms with Crippen LogP contribution in [0.5, 0.6) is 11.5 Å². The van der Waals surface area contributed by atoms with Crippen molar-refractivity contribution >= 4 is 11.4 Å². The van der Waals surface area contributed by atoms with Crippen LogP contribution in [0.1, 0.15) is 108 Å². The Balaban J connectivity index is 1.85. The van der Waals surface area contributed by atoms with E-state index < -0.39 is 0 Å². The lowest BCUT2D eigenvalue weighted by Gasteiger charge is -2.15. The van der Waals surface area contributed by atoms with Crippen LogP contribution in [0.3, 0.4) is 0 Å². The van der Waals surface area contributed by atoms with Crippen molar-refractivity contribution in [2.45, 2.75) is 105 Å². The van der Waals surface area contributed by atoms with Crippen LogP contribution in [-0.2, 0) is 0 Å². The Labute approximate surface area is 201 Å². The second-order valence-corrected chi connectivity index (χ2v) is 9.53. The van der Waals surface area contributed by atoms with E-state index in [0.29, 0.717) is 5.92 Å². The largest absolute Gasteiger partial charge is 0.508 e. The minimum Gasteiger partial charge on any atom is -0.508 e. The van der Waals surface area contributed by atoms with Crippen molar-refractivity contribution in [3.8, 4) is 11.5 Å². The van der Waals surface area contributed by atoms with Gasteiger partial charge in [0.2, 0.25) is 0 Å². The summed E-state index contributed by atoms with van der Waals surface area (Å²) in [7, 11) is 0. The third-order valence-corrected chi connectivity index (χ3v) is 6.16. The summed E-state index contributed by atoms with van der Waals surface area (Å²) in [6, 6.07) is 9.47. The maximum atomic E-state index is 9.71. The van der Waals surface area contributed by atoms with Crippen LogP contribution in [-0.4, -0.2) is 11.7 Å². The molecule has 0 unspecified atom stereocenters. The number of azo groups is 1. The van der Waals surface area contributed by atoms with Gasteiger partial charge in [0.25, 0.3) is 0 Å². The Hall–Kier alpha value is -2.36. The van der Waals surface area contributed by atoms with Crippen LogP contribution < -0.4 is 4.74 Å². The molecular weight excluding hydrogens is 408 g/mol. The molecule has 0 amide bonds.